The van der Waals surface area contributed by atoms with Gasteiger partial charge in [-0.1, -0.05) is 18.2 Å². The first-order valence-electron chi connectivity index (χ1n) is 5.33. The SMILES string of the molecule is CN(OCCOC(=O)Cl)C(=O)c1ccccc1C=O. The second-order valence-corrected chi connectivity index (χ2v) is 3.74. The molecule has 0 radical (unpaired) electrons. The first kappa shape index (κ1) is 15.1. The van der Waals surface area contributed by atoms with E-state index in [-0.39, 0.29) is 24.3 Å². The van der Waals surface area contributed by atoms with Crippen LogP contribution in [0.5, 0.6) is 0 Å². The minimum Gasteiger partial charge on any atom is -0.451 e. The van der Waals surface area contributed by atoms with Crippen LogP contribution in [0.2, 0.25) is 0 Å². The van der Waals surface area contributed by atoms with E-state index in [1.54, 1.807) is 12.1 Å². The molecule has 0 aliphatic rings. The summed E-state index contributed by atoms with van der Waals surface area (Å²) in [7, 11) is 1.40. The van der Waals surface area contributed by atoms with E-state index < -0.39 is 11.3 Å². The third kappa shape index (κ3) is 4.69. The van der Waals surface area contributed by atoms with Crippen molar-refractivity contribution in [2.24, 2.45) is 0 Å². The maximum Gasteiger partial charge on any atom is 0.403 e. The molecule has 1 aromatic carbocycles. The number of amides is 1. The lowest BCUT2D eigenvalue weighted by atomic mass is 10.1. The zero-order chi connectivity index (χ0) is 14.3. The highest BCUT2D eigenvalue weighted by Gasteiger charge is 2.15. The molecule has 0 saturated heterocycles. The average Bonchev–Trinajstić information content (AvgIpc) is 2.42. The number of carbonyl (C=O) groups excluding carboxylic acids is 3. The number of hydroxylamine groups is 2. The van der Waals surface area contributed by atoms with Gasteiger partial charge in [0.15, 0.2) is 6.29 Å². The van der Waals surface area contributed by atoms with Crippen LogP contribution in [0.15, 0.2) is 24.3 Å². The molecule has 19 heavy (non-hydrogen) atoms. The number of aldehydes is 1. The van der Waals surface area contributed by atoms with E-state index in [4.69, 9.17) is 16.4 Å². The predicted octanol–water partition coefficient (Wildman–Crippen LogP) is 1.88. The molecular weight excluding hydrogens is 274 g/mol. The van der Waals surface area contributed by atoms with Gasteiger partial charge in [0.2, 0.25) is 0 Å². The highest BCUT2D eigenvalue weighted by Crippen LogP contribution is 2.09. The van der Waals surface area contributed by atoms with Gasteiger partial charge in [-0.3, -0.25) is 14.4 Å². The Morgan fingerprint density at radius 2 is 2.00 bits per heavy atom. The van der Waals surface area contributed by atoms with Crippen LogP contribution in [0.1, 0.15) is 20.7 Å². The number of hydrogen-bond donors (Lipinski definition) is 0. The number of carbonyl (C=O) groups is 3. The normalized spacial score (nSPS) is 9.79. The van der Waals surface area contributed by atoms with Crippen LogP contribution in [0.3, 0.4) is 0 Å². The lowest BCUT2D eigenvalue weighted by Gasteiger charge is -2.17. The van der Waals surface area contributed by atoms with Crippen molar-refractivity contribution in [1.29, 1.82) is 0 Å². The summed E-state index contributed by atoms with van der Waals surface area (Å²) in [5.41, 5.74) is -0.437. The molecule has 6 nitrogen and oxygen atoms in total. The monoisotopic (exact) mass is 285 g/mol. The van der Waals surface area contributed by atoms with Gasteiger partial charge in [-0.15, -0.1) is 0 Å². The number of benzene rings is 1. The first-order chi connectivity index (χ1) is 9.06. The molecule has 0 aliphatic carbocycles. The number of ether oxygens (including phenoxy) is 1. The van der Waals surface area contributed by atoms with Gasteiger partial charge in [0, 0.05) is 24.2 Å². The van der Waals surface area contributed by atoms with E-state index in [0.29, 0.717) is 6.29 Å². The predicted molar refractivity (Wildman–Crippen MR) is 67.1 cm³/mol. The van der Waals surface area contributed by atoms with Gasteiger partial charge in [0.05, 0.1) is 5.56 Å². The Labute approximate surface area is 114 Å². The van der Waals surface area contributed by atoms with Gasteiger partial charge in [-0.25, -0.2) is 9.86 Å². The van der Waals surface area contributed by atoms with Crippen molar-refractivity contribution in [3.8, 4) is 0 Å². The topological polar surface area (TPSA) is 72.9 Å². The number of halogens is 1. The summed E-state index contributed by atoms with van der Waals surface area (Å²) in [6.07, 6.45) is 0.594. The minimum atomic E-state index is -0.941. The fourth-order valence-electron chi connectivity index (χ4n) is 1.32. The van der Waals surface area contributed by atoms with Crippen molar-refractivity contribution in [2.75, 3.05) is 20.3 Å². The van der Waals surface area contributed by atoms with Gasteiger partial charge in [-0.2, -0.15) is 0 Å². The Morgan fingerprint density at radius 1 is 1.32 bits per heavy atom. The summed E-state index contributed by atoms with van der Waals surface area (Å²) >= 11 is 4.96. The molecule has 1 rings (SSSR count). The second-order valence-electron chi connectivity index (χ2n) is 3.43. The molecule has 7 heteroatoms. The summed E-state index contributed by atoms with van der Waals surface area (Å²) in [6.45, 7) is -0.0980. The molecule has 0 aromatic heterocycles. The Bertz CT molecular complexity index is 477. The third-order valence-corrected chi connectivity index (χ3v) is 2.30. The van der Waals surface area contributed by atoms with Crippen LogP contribution in [-0.2, 0) is 9.57 Å². The lowest BCUT2D eigenvalue weighted by Crippen LogP contribution is -2.29. The van der Waals surface area contributed by atoms with E-state index >= 15 is 0 Å². The Balaban J connectivity index is 2.56. The number of rotatable bonds is 6. The molecule has 1 amide bonds. The zero-order valence-electron chi connectivity index (χ0n) is 10.2. The molecule has 0 unspecified atom stereocenters. The zero-order valence-corrected chi connectivity index (χ0v) is 10.9. The highest BCUT2D eigenvalue weighted by atomic mass is 35.5. The van der Waals surface area contributed by atoms with Crippen molar-refractivity contribution < 1.29 is 24.0 Å². The molecule has 0 fully saturated rings. The molecule has 0 atom stereocenters. The minimum absolute atomic E-state index is 0.0239. The van der Waals surface area contributed by atoms with Crippen molar-refractivity contribution in [1.82, 2.24) is 5.06 Å². The van der Waals surface area contributed by atoms with E-state index in [1.165, 1.54) is 19.2 Å². The van der Waals surface area contributed by atoms with Crippen molar-refractivity contribution in [3.05, 3.63) is 35.4 Å². The first-order valence-corrected chi connectivity index (χ1v) is 5.71. The lowest BCUT2D eigenvalue weighted by molar-refractivity contribution is -0.114. The second kappa shape index (κ2) is 7.50. The molecule has 0 heterocycles. The van der Waals surface area contributed by atoms with E-state index in [2.05, 4.69) is 4.74 Å². The van der Waals surface area contributed by atoms with Crippen molar-refractivity contribution in [3.63, 3.8) is 0 Å². The fraction of sp³-hybridized carbons (Fsp3) is 0.250. The van der Waals surface area contributed by atoms with Crippen LogP contribution in [0.4, 0.5) is 4.79 Å². The molecule has 0 saturated carbocycles. The maximum absolute atomic E-state index is 12.0. The summed E-state index contributed by atoms with van der Waals surface area (Å²) < 4.78 is 4.43. The molecule has 0 aliphatic heterocycles. The van der Waals surface area contributed by atoms with E-state index in [9.17, 15) is 14.4 Å². The van der Waals surface area contributed by atoms with Gasteiger partial charge in [0.25, 0.3) is 5.91 Å². The van der Waals surface area contributed by atoms with Gasteiger partial charge in [-0.05, 0) is 6.07 Å². The van der Waals surface area contributed by atoms with Crippen LogP contribution in [-0.4, -0.2) is 42.9 Å². The van der Waals surface area contributed by atoms with Crippen LogP contribution >= 0.6 is 11.6 Å². The Hall–Kier alpha value is -1.92. The summed E-state index contributed by atoms with van der Waals surface area (Å²) in [5.74, 6) is -0.472. The van der Waals surface area contributed by atoms with Crippen LogP contribution in [0.25, 0.3) is 0 Å². The van der Waals surface area contributed by atoms with Gasteiger partial charge < -0.3 is 4.74 Å². The number of nitrogens with zero attached hydrogens (tertiary/aromatic N) is 1. The van der Waals surface area contributed by atoms with Gasteiger partial charge >= 0.3 is 5.43 Å². The fourth-order valence-corrected chi connectivity index (χ4v) is 1.40. The molecule has 0 N–H and O–H groups in total. The molecule has 1 aromatic rings. The third-order valence-electron chi connectivity index (χ3n) is 2.19. The van der Waals surface area contributed by atoms with Crippen molar-refractivity contribution >= 4 is 29.2 Å². The summed E-state index contributed by atoms with van der Waals surface area (Å²) in [4.78, 5) is 38.1. The molecule has 0 spiro atoms. The quantitative estimate of drug-likeness (QED) is 0.345. The molecule has 102 valence electrons. The van der Waals surface area contributed by atoms with Crippen LogP contribution < -0.4 is 0 Å². The Kier molecular flexibility index (Phi) is 5.98. The summed E-state index contributed by atoms with van der Waals surface area (Å²) in [5, 5.41) is 0.963. The maximum atomic E-state index is 12.0. The molecule has 0 bridgehead atoms. The smallest absolute Gasteiger partial charge is 0.403 e. The molecular formula is C12H12ClNO5. The highest BCUT2D eigenvalue weighted by molar-refractivity contribution is 6.61. The van der Waals surface area contributed by atoms with Crippen molar-refractivity contribution in [2.45, 2.75) is 0 Å². The largest absolute Gasteiger partial charge is 0.451 e. The van der Waals surface area contributed by atoms with Crippen LogP contribution in [0, 0.1) is 0 Å². The van der Waals surface area contributed by atoms with Gasteiger partial charge in [0.1, 0.15) is 13.2 Å². The summed E-state index contributed by atoms with van der Waals surface area (Å²) in [6, 6.07) is 6.35. The Morgan fingerprint density at radius 3 is 2.63 bits per heavy atom. The number of hydrogen-bond acceptors (Lipinski definition) is 5. The van der Waals surface area contributed by atoms with E-state index in [1.807, 2.05) is 0 Å². The standard InChI is InChI=1S/C12H12ClNO5/c1-14(19-7-6-18-12(13)17)11(16)10-5-3-2-4-9(10)8-15/h2-5,8H,6-7H2,1H3. The van der Waals surface area contributed by atoms with E-state index in [0.717, 1.165) is 5.06 Å². The average molecular weight is 286 g/mol.